The van der Waals surface area contributed by atoms with Crippen molar-refractivity contribution in [2.24, 2.45) is 5.84 Å². The summed E-state index contributed by atoms with van der Waals surface area (Å²) in [6.45, 7) is 3.61. The number of hydrogen-bond acceptors (Lipinski definition) is 7. The molecule has 106 valence electrons. The minimum absolute atomic E-state index is 0.445. The SMILES string of the molecule is CCc1nc(NN)cc(NCC2(O)CCOCC2)n1. The van der Waals surface area contributed by atoms with Gasteiger partial charge in [-0.2, -0.15) is 0 Å². The fourth-order valence-electron chi connectivity index (χ4n) is 2.00. The Morgan fingerprint density at radius 1 is 1.37 bits per heavy atom. The molecule has 1 aliphatic heterocycles. The number of rotatable bonds is 5. The molecular formula is C12H21N5O2. The number of hydrogen-bond donors (Lipinski definition) is 4. The number of nitrogens with one attached hydrogen (secondary N) is 2. The zero-order valence-corrected chi connectivity index (χ0v) is 11.1. The molecule has 5 N–H and O–H groups in total. The molecule has 0 aliphatic carbocycles. The van der Waals surface area contributed by atoms with Crippen molar-refractivity contribution in [2.45, 2.75) is 31.8 Å². The van der Waals surface area contributed by atoms with Crippen molar-refractivity contribution in [3.05, 3.63) is 11.9 Å². The van der Waals surface area contributed by atoms with Gasteiger partial charge in [0.2, 0.25) is 0 Å². The minimum Gasteiger partial charge on any atom is -0.388 e. The molecule has 0 amide bonds. The first-order valence-corrected chi connectivity index (χ1v) is 6.54. The summed E-state index contributed by atoms with van der Waals surface area (Å²) in [6.07, 6.45) is 1.99. The van der Waals surface area contributed by atoms with Crippen molar-refractivity contribution in [1.82, 2.24) is 9.97 Å². The van der Waals surface area contributed by atoms with Gasteiger partial charge in [0.15, 0.2) is 0 Å². The van der Waals surface area contributed by atoms with Crippen LogP contribution in [0.1, 0.15) is 25.6 Å². The summed E-state index contributed by atoms with van der Waals surface area (Å²) in [7, 11) is 0. The lowest BCUT2D eigenvalue weighted by Gasteiger charge is -2.32. The Hall–Kier alpha value is -1.44. The van der Waals surface area contributed by atoms with E-state index in [2.05, 4.69) is 20.7 Å². The third kappa shape index (κ3) is 3.76. The highest BCUT2D eigenvalue weighted by Gasteiger charge is 2.29. The maximum absolute atomic E-state index is 10.4. The molecule has 1 aliphatic rings. The van der Waals surface area contributed by atoms with Crippen LogP contribution in [0.2, 0.25) is 0 Å². The standard InChI is InChI=1S/C12H21N5O2/c1-2-9-15-10(7-11(16-9)17-13)14-8-12(18)3-5-19-6-4-12/h7,18H,2-6,8,13H2,1H3,(H2,14,15,16,17). The molecular weight excluding hydrogens is 246 g/mol. The molecule has 0 saturated carbocycles. The minimum atomic E-state index is -0.730. The molecule has 2 rings (SSSR count). The summed E-state index contributed by atoms with van der Waals surface area (Å²) in [5.41, 5.74) is 1.79. The van der Waals surface area contributed by atoms with Gasteiger partial charge in [-0.15, -0.1) is 0 Å². The highest BCUT2D eigenvalue weighted by atomic mass is 16.5. The molecule has 1 fully saturated rings. The number of nitrogens with zero attached hydrogens (tertiary/aromatic N) is 2. The average Bonchev–Trinajstić information content (AvgIpc) is 2.45. The summed E-state index contributed by atoms with van der Waals surface area (Å²) in [6, 6.07) is 1.72. The van der Waals surface area contributed by atoms with Crippen LogP contribution in [0.15, 0.2) is 6.07 Å². The van der Waals surface area contributed by atoms with Gasteiger partial charge >= 0.3 is 0 Å². The molecule has 0 atom stereocenters. The Morgan fingerprint density at radius 2 is 2.05 bits per heavy atom. The molecule has 0 aromatic carbocycles. The largest absolute Gasteiger partial charge is 0.388 e. The first kappa shape index (κ1) is 14.0. The molecule has 7 nitrogen and oxygen atoms in total. The van der Waals surface area contributed by atoms with Crippen LogP contribution in [0.25, 0.3) is 0 Å². The second-order valence-electron chi connectivity index (χ2n) is 4.74. The Morgan fingerprint density at radius 3 is 2.68 bits per heavy atom. The van der Waals surface area contributed by atoms with Gasteiger partial charge in [-0.25, -0.2) is 15.8 Å². The quantitative estimate of drug-likeness (QED) is 0.448. The lowest BCUT2D eigenvalue weighted by Crippen LogP contribution is -2.42. The predicted octanol–water partition coefficient (Wildman–Crippen LogP) is 0.278. The highest BCUT2D eigenvalue weighted by molar-refractivity contribution is 5.47. The molecule has 19 heavy (non-hydrogen) atoms. The molecule has 1 aromatic rings. The van der Waals surface area contributed by atoms with E-state index in [0.717, 1.165) is 6.42 Å². The van der Waals surface area contributed by atoms with Crippen LogP contribution in [0, 0.1) is 0 Å². The van der Waals surface area contributed by atoms with Crippen molar-refractivity contribution >= 4 is 11.6 Å². The summed E-state index contributed by atoms with van der Waals surface area (Å²) in [5.74, 6) is 7.31. The van der Waals surface area contributed by atoms with E-state index in [1.807, 2.05) is 6.92 Å². The normalized spacial score (nSPS) is 18.1. The van der Waals surface area contributed by atoms with E-state index in [4.69, 9.17) is 10.6 Å². The van der Waals surface area contributed by atoms with E-state index < -0.39 is 5.60 Å². The van der Waals surface area contributed by atoms with Gasteiger partial charge in [0, 0.05) is 45.1 Å². The fourth-order valence-corrected chi connectivity index (χ4v) is 2.00. The molecule has 1 saturated heterocycles. The number of anilines is 2. The van der Waals surface area contributed by atoms with E-state index in [0.29, 0.717) is 50.1 Å². The average molecular weight is 267 g/mol. The first-order chi connectivity index (χ1) is 9.15. The van der Waals surface area contributed by atoms with E-state index in [-0.39, 0.29) is 0 Å². The third-order valence-corrected chi connectivity index (χ3v) is 3.26. The van der Waals surface area contributed by atoms with Gasteiger partial charge in [0.05, 0.1) is 5.60 Å². The second-order valence-corrected chi connectivity index (χ2v) is 4.74. The Kier molecular flexibility index (Phi) is 4.52. The zero-order valence-electron chi connectivity index (χ0n) is 11.1. The maximum Gasteiger partial charge on any atom is 0.145 e. The van der Waals surface area contributed by atoms with Crippen LogP contribution >= 0.6 is 0 Å². The number of aliphatic hydroxyl groups is 1. The molecule has 0 radical (unpaired) electrons. The van der Waals surface area contributed by atoms with Crippen LogP contribution in [-0.4, -0.2) is 40.4 Å². The number of hydrazine groups is 1. The van der Waals surface area contributed by atoms with Gasteiger partial charge in [-0.05, 0) is 0 Å². The number of nitrogens with two attached hydrogens (primary N) is 1. The summed E-state index contributed by atoms with van der Waals surface area (Å²) >= 11 is 0. The topological polar surface area (TPSA) is 105 Å². The van der Waals surface area contributed by atoms with Crippen LogP contribution in [0.3, 0.4) is 0 Å². The van der Waals surface area contributed by atoms with E-state index in [1.54, 1.807) is 6.07 Å². The summed E-state index contributed by atoms with van der Waals surface area (Å²) in [5, 5.41) is 13.5. The summed E-state index contributed by atoms with van der Waals surface area (Å²) < 4.78 is 5.25. The number of ether oxygens (including phenoxy) is 1. The lowest BCUT2D eigenvalue weighted by atomic mass is 9.94. The molecule has 1 aromatic heterocycles. The molecule has 0 bridgehead atoms. The first-order valence-electron chi connectivity index (χ1n) is 6.54. The van der Waals surface area contributed by atoms with Gasteiger partial charge in [-0.3, -0.25) is 0 Å². The van der Waals surface area contributed by atoms with Gasteiger partial charge in [-0.1, -0.05) is 6.92 Å². The third-order valence-electron chi connectivity index (χ3n) is 3.26. The Labute approximate surface area is 112 Å². The van der Waals surface area contributed by atoms with E-state index in [1.165, 1.54) is 0 Å². The van der Waals surface area contributed by atoms with Gasteiger partial charge in [0.25, 0.3) is 0 Å². The molecule has 0 spiro atoms. The fraction of sp³-hybridized carbons (Fsp3) is 0.667. The van der Waals surface area contributed by atoms with E-state index in [9.17, 15) is 5.11 Å². The molecule has 7 heteroatoms. The van der Waals surface area contributed by atoms with Crippen molar-refractivity contribution in [3.8, 4) is 0 Å². The van der Waals surface area contributed by atoms with Gasteiger partial charge < -0.3 is 20.6 Å². The van der Waals surface area contributed by atoms with E-state index >= 15 is 0 Å². The smallest absolute Gasteiger partial charge is 0.145 e. The maximum atomic E-state index is 10.4. The summed E-state index contributed by atoms with van der Waals surface area (Å²) in [4.78, 5) is 8.57. The van der Waals surface area contributed by atoms with Crippen molar-refractivity contribution in [2.75, 3.05) is 30.5 Å². The van der Waals surface area contributed by atoms with Crippen LogP contribution in [0.5, 0.6) is 0 Å². The monoisotopic (exact) mass is 267 g/mol. The second kappa shape index (κ2) is 6.14. The predicted molar refractivity (Wildman–Crippen MR) is 72.7 cm³/mol. The Balaban J connectivity index is 2.02. The zero-order chi connectivity index (χ0) is 13.7. The highest BCUT2D eigenvalue weighted by Crippen LogP contribution is 2.21. The number of aromatic nitrogens is 2. The molecule has 2 heterocycles. The van der Waals surface area contributed by atoms with Crippen LogP contribution in [0.4, 0.5) is 11.6 Å². The number of aryl methyl sites for hydroxylation is 1. The van der Waals surface area contributed by atoms with Crippen LogP contribution in [-0.2, 0) is 11.2 Å². The van der Waals surface area contributed by atoms with Gasteiger partial charge in [0.1, 0.15) is 17.5 Å². The van der Waals surface area contributed by atoms with Crippen molar-refractivity contribution in [3.63, 3.8) is 0 Å². The van der Waals surface area contributed by atoms with Crippen molar-refractivity contribution in [1.29, 1.82) is 0 Å². The Bertz CT molecular complexity index is 398. The lowest BCUT2D eigenvalue weighted by molar-refractivity contribution is -0.0543. The van der Waals surface area contributed by atoms with Crippen molar-refractivity contribution < 1.29 is 9.84 Å². The van der Waals surface area contributed by atoms with Crippen LogP contribution < -0.4 is 16.6 Å². The number of nitrogen functional groups attached to an aromatic ring is 1. The molecule has 0 unspecified atom stereocenters.